The van der Waals surface area contributed by atoms with Gasteiger partial charge in [0, 0.05) is 0 Å². The van der Waals surface area contributed by atoms with Crippen molar-refractivity contribution in [1.29, 1.82) is 0 Å². The Labute approximate surface area is 82.7 Å². The van der Waals surface area contributed by atoms with E-state index in [4.69, 9.17) is 0 Å². The van der Waals surface area contributed by atoms with E-state index in [1.54, 1.807) is 14.0 Å². The van der Waals surface area contributed by atoms with Gasteiger partial charge >= 0.3 is 82.6 Å². The van der Waals surface area contributed by atoms with Gasteiger partial charge in [0.1, 0.15) is 0 Å². The van der Waals surface area contributed by atoms with Crippen LogP contribution in [0.25, 0.3) is 0 Å². The van der Waals surface area contributed by atoms with Crippen molar-refractivity contribution >= 4 is 30.2 Å². The van der Waals surface area contributed by atoms with E-state index in [9.17, 15) is 9.59 Å². The summed E-state index contributed by atoms with van der Waals surface area (Å²) in [7, 11) is 1.55. The fraction of sp³-hybridized carbons (Fsp3) is 0.556. The third kappa shape index (κ3) is 1.66. The van der Waals surface area contributed by atoms with Crippen LogP contribution in [-0.2, 0) is 9.59 Å². The van der Waals surface area contributed by atoms with Crippen LogP contribution in [0.3, 0.4) is 0 Å². The first kappa shape index (κ1) is 10.8. The van der Waals surface area contributed by atoms with Crippen molar-refractivity contribution in [2.75, 3.05) is 7.05 Å². The molecule has 1 aliphatic rings. The van der Waals surface area contributed by atoms with Crippen LogP contribution in [0.15, 0.2) is 9.16 Å². The predicted octanol–water partition coefficient (Wildman–Crippen LogP) is 1.18. The Balaban J connectivity index is 3.24. The zero-order valence-electron chi connectivity index (χ0n) is 8.76. The first-order valence-corrected chi connectivity index (χ1v) is 14.3. The van der Waals surface area contributed by atoms with E-state index < -0.39 is 18.4 Å². The fourth-order valence-corrected chi connectivity index (χ4v) is 7.49. The number of imide groups is 1. The first-order valence-electron chi connectivity index (χ1n) is 4.30. The van der Waals surface area contributed by atoms with Crippen molar-refractivity contribution in [3.63, 3.8) is 0 Å². The Bertz CT molecular complexity index is 312. The molecule has 0 aromatic rings. The number of carbonyl (C=O) groups excluding carboxylic acids is 2. The molecule has 0 atom stereocenters. The summed E-state index contributed by atoms with van der Waals surface area (Å²) in [6.45, 7) is 1.77. The summed E-state index contributed by atoms with van der Waals surface area (Å²) in [4.78, 5) is 30.8. The molecule has 0 saturated carbocycles. The van der Waals surface area contributed by atoms with Gasteiger partial charge in [-0.15, -0.1) is 0 Å². The average molecular weight is 288 g/mol. The standard InChI is InChI=1S/C6H6NO2.3CH3.Sn/c1-4-3-5(8)7(2)6(4)9;;;;/h1-2H3;3*1H3;. The summed E-state index contributed by atoms with van der Waals surface area (Å²) in [6.07, 6.45) is 0. The summed E-state index contributed by atoms with van der Waals surface area (Å²) in [5, 5.41) is 0. The van der Waals surface area contributed by atoms with E-state index in [2.05, 4.69) is 14.8 Å². The second-order valence-electron chi connectivity index (χ2n) is 4.42. The van der Waals surface area contributed by atoms with Crippen molar-refractivity contribution in [3.8, 4) is 0 Å². The molecule has 0 unspecified atom stereocenters. The first-order chi connectivity index (χ1) is 5.76. The summed E-state index contributed by atoms with van der Waals surface area (Å²) in [5.41, 5.74) is 0.677. The summed E-state index contributed by atoms with van der Waals surface area (Å²) in [6, 6.07) is 0. The van der Waals surface area contributed by atoms with Crippen molar-refractivity contribution in [1.82, 2.24) is 4.90 Å². The molecule has 0 radical (unpaired) electrons. The average Bonchev–Trinajstić information content (AvgIpc) is 2.14. The number of rotatable bonds is 1. The van der Waals surface area contributed by atoms with Gasteiger partial charge in [-0.25, -0.2) is 0 Å². The number of nitrogens with zero attached hydrogens (tertiary/aromatic N) is 1. The Morgan fingerprint density at radius 1 is 1.08 bits per heavy atom. The molecular formula is C9H15NO2Sn. The van der Waals surface area contributed by atoms with Crippen LogP contribution in [0, 0.1) is 0 Å². The van der Waals surface area contributed by atoms with Gasteiger partial charge in [0.05, 0.1) is 0 Å². The van der Waals surface area contributed by atoms with E-state index in [-0.39, 0.29) is 11.8 Å². The van der Waals surface area contributed by atoms with Gasteiger partial charge in [-0.1, -0.05) is 0 Å². The molecule has 0 spiro atoms. The van der Waals surface area contributed by atoms with E-state index >= 15 is 0 Å². The molecule has 2 amide bonds. The van der Waals surface area contributed by atoms with Crippen LogP contribution in [0.2, 0.25) is 14.8 Å². The number of hydrogen-bond acceptors (Lipinski definition) is 2. The van der Waals surface area contributed by atoms with E-state index in [0.717, 1.165) is 3.59 Å². The van der Waals surface area contributed by atoms with Crippen molar-refractivity contribution < 1.29 is 9.59 Å². The van der Waals surface area contributed by atoms with Crippen LogP contribution >= 0.6 is 0 Å². The molecule has 1 heterocycles. The van der Waals surface area contributed by atoms with Crippen LogP contribution in [0.5, 0.6) is 0 Å². The third-order valence-electron chi connectivity index (χ3n) is 2.27. The second-order valence-corrected chi connectivity index (χ2v) is 18.7. The maximum absolute atomic E-state index is 11.7. The molecule has 0 N–H and O–H groups in total. The molecule has 4 heteroatoms. The zero-order valence-corrected chi connectivity index (χ0v) is 11.6. The normalized spacial score (nSPS) is 19.0. The molecule has 0 aromatic carbocycles. The number of likely N-dealkylation sites (N-methyl/N-ethyl adjacent to an activating group) is 1. The van der Waals surface area contributed by atoms with Gasteiger partial charge in [-0.3, -0.25) is 0 Å². The molecule has 0 aromatic heterocycles. The van der Waals surface area contributed by atoms with Crippen molar-refractivity contribution in [2.24, 2.45) is 0 Å². The van der Waals surface area contributed by atoms with Crippen LogP contribution < -0.4 is 0 Å². The predicted molar refractivity (Wildman–Crippen MR) is 53.8 cm³/mol. The van der Waals surface area contributed by atoms with Crippen molar-refractivity contribution in [3.05, 3.63) is 9.16 Å². The topological polar surface area (TPSA) is 37.4 Å². The van der Waals surface area contributed by atoms with Crippen molar-refractivity contribution in [2.45, 2.75) is 21.7 Å². The third-order valence-corrected chi connectivity index (χ3v) is 8.23. The zero-order chi connectivity index (χ0) is 10.4. The minimum absolute atomic E-state index is 0.0641. The van der Waals surface area contributed by atoms with Gasteiger partial charge < -0.3 is 0 Å². The quantitative estimate of drug-likeness (QED) is 0.536. The minimum atomic E-state index is -2.39. The van der Waals surface area contributed by atoms with E-state index in [1.165, 1.54) is 4.90 Å². The van der Waals surface area contributed by atoms with Gasteiger partial charge in [0.2, 0.25) is 0 Å². The molecular weight excluding hydrogens is 273 g/mol. The maximum atomic E-state index is 11.7. The van der Waals surface area contributed by atoms with Gasteiger partial charge in [0.25, 0.3) is 0 Å². The molecule has 72 valence electrons. The van der Waals surface area contributed by atoms with E-state index in [1.807, 2.05) is 0 Å². The molecule has 0 saturated heterocycles. The van der Waals surface area contributed by atoms with Gasteiger partial charge in [-0.2, -0.15) is 0 Å². The van der Waals surface area contributed by atoms with Crippen LogP contribution in [0.1, 0.15) is 6.92 Å². The molecule has 1 rings (SSSR count). The van der Waals surface area contributed by atoms with Gasteiger partial charge in [0.15, 0.2) is 0 Å². The SMILES string of the molecule is CC1=[C]([Sn]([CH3])([CH3])[CH3])C(=O)N(C)C1=O. The van der Waals surface area contributed by atoms with E-state index in [0.29, 0.717) is 5.57 Å². The molecule has 13 heavy (non-hydrogen) atoms. The Morgan fingerprint density at radius 3 is 1.69 bits per heavy atom. The molecule has 0 fully saturated rings. The Hall–Kier alpha value is -0.321. The summed E-state index contributed by atoms with van der Waals surface area (Å²) < 4.78 is 0.849. The second kappa shape index (κ2) is 3.11. The number of carbonyl (C=O) groups is 2. The molecule has 3 nitrogen and oxygen atoms in total. The summed E-state index contributed by atoms with van der Waals surface area (Å²) >= 11 is -2.39. The molecule has 0 aliphatic carbocycles. The number of hydrogen-bond donors (Lipinski definition) is 0. The Morgan fingerprint density at radius 2 is 1.54 bits per heavy atom. The Kier molecular flexibility index (Phi) is 2.58. The molecule has 0 bridgehead atoms. The summed E-state index contributed by atoms with van der Waals surface area (Å²) in [5.74, 6) is -0.183. The number of amides is 2. The molecule has 1 aliphatic heterocycles. The monoisotopic (exact) mass is 289 g/mol. The van der Waals surface area contributed by atoms with Crippen LogP contribution in [-0.4, -0.2) is 42.1 Å². The van der Waals surface area contributed by atoms with Crippen LogP contribution in [0.4, 0.5) is 0 Å². The fourth-order valence-electron chi connectivity index (χ4n) is 1.66. The van der Waals surface area contributed by atoms with Gasteiger partial charge in [-0.05, 0) is 0 Å².